The highest BCUT2D eigenvalue weighted by molar-refractivity contribution is 7.89. The molecule has 1 fully saturated rings. The first-order valence-corrected chi connectivity index (χ1v) is 10.5. The van der Waals surface area contributed by atoms with E-state index in [0.29, 0.717) is 39.3 Å². The van der Waals surface area contributed by atoms with Gasteiger partial charge in [0.15, 0.2) is 4.90 Å². The van der Waals surface area contributed by atoms with Crippen molar-refractivity contribution in [2.24, 2.45) is 0 Å². The highest BCUT2D eigenvalue weighted by Crippen LogP contribution is 2.26. The summed E-state index contributed by atoms with van der Waals surface area (Å²) in [6.07, 6.45) is 0. The van der Waals surface area contributed by atoms with Crippen LogP contribution in [0.1, 0.15) is 5.56 Å². The molecule has 0 atom stereocenters. The van der Waals surface area contributed by atoms with Crippen LogP contribution in [0.4, 0.5) is 5.69 Å². The lowest BCUT2D eigenvalue weighted by molar-refractivity contribution is -0.387. The molecule has 28 heavy (non-hydrogen) atoms. The second-order valence-electron chi connectivity index (χ2n) is 6.63. The van der Waals surface area contributed by atoms with E-state index in [9.17, 15) is 18.5 Å². The molecule has 1 heterocycles. The number of aryl methyl sites for hydroxylation is 1. The number of hydrogen-bond acceptors (Lipinski definition) is 6. The van der Waals surface area contributed by atoms with E-state index >= 15 is 0 Å². The Kier molecular flexibility index (Phi) is 6.28. The summed E-state index contributed by atoms with van der Waals surface area (Å²) in [4.78, 5) is 12.4. The van der Waals surface area contributed by atoms with Crippen LogP contribution in [0.15, 0.2) is 53.4 Å². The summed E-state index contributed by atoms with van der Waals surface area (Å²) in [7, 11) is -3.89. The van der Waals surface area contributed by atoms with Crippen LogP contribution in [-0.2, 0) is 10.0 Å². The van der Waals surface area contributed by atoms with Crippen molar-refractivity contribution in [1.29, 1.82) is 0 Å². The zero-order valence-electron chi connectivity index (χ0n) is 15.7. The van der Waals surface area contributed by atoms with Crippen molar-refractivity contribution in [3.05, 3.63) is 64.2 Å². The quantitative estimate of drug-likeness (QED) is 0.518. The molecule has 0 aliphatic carbocycles. The number of rotatable bonds is 7. The Bertz CT molecular complexity index is 923. The van der Waals surface area contributed by atoms with Gasteiger partial charge in [-0.1, -0.05) is 29.8 Å². The Morgan fingerprint density at radius 1 is 1.04 bits per heavy atom. The first kappa shape index (κ1) is 20.2. The minimum absolute atomic E-state index is 0.254. The fourth-order valence-electron chi connectivity index (χ4n) is 3.09. The largest absolute Gasteiger partial charge is 0.492 e. The van der Waals surface area contributed by atoms with Gasteiger partial charge < -0.3 is 4.74 Å². The predicted molar refractivity (Wildman–Crippen MR) is 105 cm³/mol. The van der Waals surface area contributed by atoms with Crippen molar-refractivity contribution >= 4 is 15.7 Å². The lowest BCUT2D eigenvalue weighted by atomic mass is 10.2. The van der Waals surface area contributed by atoms with Crippen LogP contribution in [-0.4, -0.2) is 61.9 Å². The molecule has 0 amide bonds. The minimum atomic E-state index is -3.89. The van der Waals surface area contributed by atoms with Gasteiger partial charge in [-0.05, 0) is 25.1 Å². The number of nitro benzene ring substituents is 1. The molecule has 0 aromatic heterocycles. The maximum Gasteiger partial charge on any atom is 0.289 e. The average Bonchev–Trinajstić information content (AvgIpc) is 2.70. The summed E-state index contributed by atoms with van der Waals surface area (Å²) in [6.45, 7) is 4.90. The number of hydrogen-bond donors (Lipinski definition) is 0. The topological polar surface area (TPSA) is 93.0 Å². The van der Waals surface area contributed by atoms with Gasteiger partial charge in [0.25, 0.3) is 5.69 Å². The molecule has 1 aliphatic heterocycles. The fraction of sp³-hybridized carbons (Fsp3) is 0.368. The summed E-state index contributed by atoms with van der Waals surface area (Å²) in [5.41, 5.74) is 0.778. The van der Waals surface area contributed by atoms with E-state index in [4.69, 9.17) is 4.74 Å². The normalized spacial score (nSPS) is 16.0. The number of ether oxygens (including phenoxy) is 1. The Morgan fingerprint density at radius 3 is 2.32 bits per heavy atom. The van der Waals surface area contributed by atoms with Crippen LogP contribution in [0.2, 0.25) is 0 Å². The molecule has 150 valence electrons. The van der Waals surface area contributed by atoms with Crippen LogP contribution in [0.25, 0.3) is 0 Å². The zero-order chi connectivity index (χ0) is 20.1. The number of sulfonamides is 1. The third-order valence-corrected chi connectivity index (χ3v) is 6.65. The van der Waals surface area contributed by atoms with E-state index in [1.165, 1.54) is 34.1 Å². The first-order valence-electron chi connectivity index (χ1n) is 9.03. The van der Waals surface area contributed by atoms with E-state index in [2.05, 4.69) is 4.90 Å². The number of piperazine rings is 1. The molecule has 2 aromatic carbocycles. The highest BCUT2D eigenvalue weighted by Gasteiger charge is 2.33. The van der Waals surface area contributed by atoms with Gasteiger partial charge >= 0.3 is 0 Å². The third-order valence-electron chi connectivity index (χ3n) is 4.71. The van der Waals surface area contributed by atoms with Crippen molar-refractivity contribution in [3.63, 3.8) is 0 Å². The van der Waals surface area contributed by atoms with Crippen molar-refractivity contribution in [1.82, 2.24) is 9.21 Å². The van der Waals surface area contributed by atoms with Crippen LogP contribution in [0.3, 0.4) is 0 Å². The summed E-state index contributed by atoms with van der Waals surface area (Å²) < 4.78 is 32.7. The maximum atomic E-state index is 12.8. The molecule has 8 nitrogen and oxygen atoms in total. The van der Waals surface area contributed by atoms with E-state index in [-0.39, 0.29) is 4.90 Å². The maximum absolute atomic E-state index is 12.8. The van der Waals surface area contributed by atoms with Gasteiger partial charge in [-0.15, -0.1) is 0 Å². The molecule has 0 spiro atoms. The number of benzene rings is 2. The number of nitro groups is 1. The van der Waals surface area contributed by atoms with Gasteiger partial charge in [-0.25, -0.2) is 8.42 Å². The standard InChI is InChI=1S/C19H23N3O5S/c1-16-6-8-17(9-7-16)27-15-14-20-10-12-21(13-11-20)28(25,26)19-5-3-2-4-18(19)22(23)24/h2-9H,10-15H2,1H3. The van der Waals surface area contributed by atoms with Gasteiger partial charge in [0, 0.05) is 38.8 Å². The van der Waals surface area contributed by atoms with E-state index in [0.717, 1.165) is 5.75 Å². The Hall–Kier alpha value is -2.49. The molecule has 9 heteroatoms. The molecule has 2 aromatic rings. The Balaban J connectivity index is 1.54. The molecule has 1 aliphatic rings. The van der Waals surface area contributed by atoms with Gasteiger partial charge in [-0.2, -0.15) is 4.31 Å². The van der Waals surface area contributed by atoms with E-state index < -0.39 is 20.6 Å². The summed E-state index contributed by atoms with van der Waals surface area (Å²) in [5, 5.41) is 11.2. The Labute approximate surface area is 164 Å². The predicted octanol–water partition coefficient (Wildman–Crippen LogP) is 2.29. The molecule has 0 saturated carbocycles. The molecule has 0 bridgehead atoms. The molecule has 0 N–H and O–H groups in total. The lowest BCUT2D eigenvalue weighted by Gasteiger charge is -2.33. The first-order chi connectivity index (χ1) is 13.4. The SMILES string of the molecule is Cc1ccc(OCCN2CCN(S(=O)(=O)c3ccccc3[N+](=O)[O-])CC2)cc1. The van der Waals surface area contributed by atoms with Gasteiger partial charge in [0.05, 0.1) is 4.92 Å². The number of nitrogens with zero attached hydrogens (tertiary/aromatic N) is 3. The zero-order valence-corrected chi connectivity index (χ0v) is 16.5. The molecule has 0 unspecified atom stereocenters. The number of para-hydroxylation sites is 1. The van der Waals surface area contributed by atoms with Crippen LogP contribution < -0.4 is 4.74 Å². The van der Waals surface area contributed by atoms with Crippen molar-refractivity contribution in [2.75, 3.05) is 39.3 Å². The molecular weight excluding hydrogens is 382 g/mol. The van der Waals surface area contributed by atoms with Gasteiger partial charge in [0.1, 0.15) is 12.4 Å². The molecule has 3 rings (SSSR count). The third kappa shape index (κ3) is 4.67. The summed E-state index contributed by atoms with van der Waals surface area (Å²) in [5.74, 6) is 0.809. The van der Waals surface area contributed by atoms with Gasteiger partial charge in [0.2, 0.25) is 10.0 Å². The van der Waals surface area contributed by atoms with E-state index in [1.807, 2.05) is 31.2 Å². The summed E-state index contributed by atoms with van der Waals surface area (Å²) >= 11 is 0. The van der Waals surface area contributed by atoms with Crippen LogP contribution in [0.5, 0.6) is 5.75 Å². The fourth-order valence-corrected chi connectivity index (χ4v) is 4.67. The molecule has 0 radical (unpaired) electrons. The van der Waals surface area contributed by atoms with Crippen LogP contribution in [0, 0.1) is 17.0 Å². The Morgan fingerprint density at radius 2 is 1.68 bits per heavy atom. The van der Waals surface area contributed by atoms with E-state index in [1.54, 1.807) is 0 Å². The second kappa shape index (κ2) is 8.68. The highest BCUT2D eigenvalue weighted by atomic mass is 32.2. The minimum Gasteiger partial charge on any atom is -0.492 e. The van der Waals surface area contributed by atoms with Crippen molar-refractivity contribution in [3.8, 4) is 5.75 Å². The molecular formula is C19H23N3O5S. The molecule has 1 saturated heterocycles. The average molecular weight is 405 g/mol. The van der Waals surface area contributed by atoms with Gasteiger partial charge in [-0.3, -0.25) is 15.0 Å². The second-order valence-corrected chi connectivity index (χ2v) is 8.54. The van der Waals surface area contributed by atoms with Crippen molar-refractivity contribution in [2.45, 2.75) is 11.8 Å². The summed E-state index contributed by atoms with van der Waals surface area (Å²) in [6, 6.07) is 13.3. The smallest absolute Gasteiger partial charge is 0.289 e. The lowest BCUT2D eigenvalue weighted by Crippen LogP contribution is -2.49. The monoisotopic (exact) mass is 405 g/mol. The van der Waals surface area contributed by atoms with Crippen LogP contribution >= 0.6 is 0 Å². The van der Waals surface area contributed by atoms with Crippen molar-refractivity contribution < 1.29 is 18.1 Å².